The zero-order valence-corrected chi connectivity index (χ0v) is 8.94. The number of hydrogen-bond donors (Lipinski definition) is 3. The van der Waals surface area contributed by atoms with Crippen LogP contribution in [0.1, 0.15) is 23.2 Å². The lowest BCUT2D eigenvalue weighted by Gasteiger charge is -2.23. The minimum Gasteiger partial charge on any atom is -0.506 e. The number of amides is 1. The van der Waals surface area contributed by atoms with Crippen molar-refractivity contribution >= 4 is 5.91 Å². The first-order chi connectivity index (χ1) is 7.75. The van der Waals surface area contributed by atoms with Crippen LogP contribution >= 0.6 is 0 Å². The van der Waals surface area contributed by atoms with E-state index in [-0.39, 0.29) is 17.7 Å². The smallest absolute Gasteiger partial charge is 0.253 e. The SMILES string of the molecule is O=C(N[C@H]1CCCNC1)c1cncc(O)c1. The quantitative estimate of drug-likeness (QED) is 0.670. The van der Waals surface area contributed by atoms with Gasteiger partial charge in [0.05, 0.1) is 11.8 Å². The molecule has 1 aliphatic rings. The van der Waals surface area contributed by atoms with Gasteiger partial charge in [-0.1, -0.05) is 0 Å². The highest BCUT2D eigenvalue weighted by Gasteiger charge is 2.16. The maximum absolute atomic E-state index is 11.8. The Kier molecular flexibility index (Phi) is 3.36. The number of piperidine rings is 1. The monoisotopic (exact) mass is 221 g/mol. The number of nitrogens with one attached hydrogen (secondary N) is 2. The number of carbonyl (C=O) groups is 1. The van der Waals surface area contributed by atoms with E-state index in [1.165, 1.54) is 18.5 Å². The molecule has 0 unspecified atom stereocenters. The molecular weight excluding hydrogens is 206 g/mol. The fourth-order valence-electron chi connectivity index (χ4n) is 1.80. The van der Waals surface area contributed by atoms with Crippen molar-refractivity contribution in [1.29, 1.82) is 0 Å². The molecule has 2 heterocycles. The standard InChI is InChI=1S/C11H15N3O2/c15-10-4-8(5-13-7-10)11(16)14-9-2-1-3-12-6-9/h4-5,7,9,12,15H,1-3,6H2,(H,14,16)/t9-/m0/s1. The van der Waals surface area contributed by atoms with Gasteiger partial charge in [-0.2, -0.15) is 0 Å². The topological polar surface area (TPSA) is 74.2 Å². The van der Waals surface area contributed by atoms with Crippen LogP contribution in [0.3, 0.4) is 0 Å². The molecule has 3 N–H and O–H groups in total. The molecule has 1 aliphatic heterocycles. The summed E-state index contributed by atoms with van der Waals surface area (Å²) in [6.07, 6.45) is 4.82. The molecule has 5 nitrogen and oxygen atoms in total. The van der Waals surface area contributed by atoms with Crippen molar-refractivity contribution in [3.05, 3.63) is 24.0 Å². The molecule has 1 aromatic rings. The van der Waals surface area contributed by atoms with Crippen molar-refractivity contribution in [2.45, 2.75) is 18.9 Å². The van der Waals surface area contributed by atoms with E-state index in [1.54, 1.807) is 0 Å². The molecule has 1 fully saturated rings. The molecule has 0 saturated carbocycles. The fraction of sp³-hybridized carbons (Fsp3) is 0.455. The van der Waals surface area contributed by atoms with Crippen molar-refractivity contribution in [2.75, 3.05) is 13.1 Å². The molecule has 86 valence electrons. The predicted molar refractivity (Wildman–Crippen MR) is 59.3 cm³/mol. The summed E-state index contributed by atoms with van der Waals surface area (Å²) < 4.78 is 0. The third-order valence-corrected chi connectivity index (χ3v) is 2.62. The van der Waals surface area contributed by atoms with Gasteiger partial charge in [0.1, 0.15) is 5.75 Å². The molecule has 0 radical (unpaired) electrons. The van der Waals surface area contributed by atoms with Crippen molar-refractivity contribution in [3.8, 4) is 5.75 Å². The van der Waals surface area contributed by atoms with Crippen LogP contribution in [0.2, 0.25) is 0 Å². The fourth-order valence-corrected chi connectivity index (χ4v) is 1.80. The van der Waals surface area contributed by atoms with E-state index in [0.717, 1.165) is 25.9 Å². The average molecular weight is 221 g/mol. The van der Waals surface area contributed by atoms with Crippen LogP contribution in [0.4, 0.5) is 0 Å². The number of rotatable bonds is 2. The minimum absolute atomic E-state index is 0.00872. The van der Waals surface area contributed by atoms with Crippen molar-refractivity contribution in [3.63, 3.8) is 0 Å². The average Bonchev–Trinajstić information content (AvgIpc) is 2.30. The van der Waals surface area contributed by atoms with E-state index >= 15 is 0 Å². The predicted octanol–water partition coefficient (Wildman–Crippen LogP) is 0.269. The second kappa shape index (κ2) is 4.94. The van der Waals surface area contributed by atoms with E-state index in [1.807, 2.05) is 0 Å². The van der Waals surface area contributed by atoms with Gasteiger partial charge in [0, 0.05) is 18.8 Å². The first-order valence-electron chi connectivity index (χ1n) is 5.41. The Morgan fingerprint density at radius 1 is 1.56 bits per heavy atom. The summed E-state index contributed by atoms with van der Waals surface area (Å²) in [4.78, 5) is 15.5. The van der Waals surface area contributed by atoms with Crippen LogP contribution in [0.25, 0.3) is 0 Å². The molecule has 2 rings (SSSR count). The van der Waals surface area contributed by atoms with Gasteiger partial charge >= 0.3 is 0 Å². The highest BCUT2D eigenvalue weighted by molar-refractivity contribution is 5.94. The van der Waals surface area contributed by atoms with Gasteiger partial charge in [0.2, 0.25) is 0 Å². The van der Waals surface area contributed by atoms with Gasteiger partial charge in [-0.05, 0) is 25.5 Å². The molecular formula is C11H15N3O2. The number of carbonyl (C=O) groups excluding carboxylic acids is 1. The Hall–Kier alpha value is -1.62. The van der Waals surface area contributed by atoms with Crippen LogP contribution in [0, 0.1) is 0 Å². The van der Waals surface area contributed by atoms with E-state index in [4.69, 9.17) is 0 Å². The van der Waals surface area contributed by atoms with Gasteiger partial charge in [-0.25, -0.2) is 0 Å². The number of pyridine rings is 1. The van der Waals surface area contributed by atoms with Crippen LogP contribution in [-0.4, -0.2) is 35.1 Å². The molecule has 5 heteroatoms. The van der Waals surface area contributed by atoms with Gasteiger partial charge in [0.15, 0.2) is 0 Å². The Labute approximate surface area is 93.9 Å². The highest BCUT2D eigenvalue weighted by atomic mass is 16.3. The number of nitrogens with zero attached hydrogens (tertiary/aromatic N) is 1. The molecule has 16 heavy (non-hydrogen) atoms. The molecule has 1 atom stereocenters. The second-order valence-corrected chi connectivity index (χ2v) is 3.95. The summed E-state index contributed by atoms with van der Waals surface area (Å²) >= 11 is 0. The third-order valence-electron chi connectivity index (χ3n) is 2.62. The Morgan fingerprint density at radius 2 is 2.44 bits per heavy atom. The molecule has 0 spiro atoms. The Morgan fingerprint density at radius 3 is 3.12 bits per heavy atom. The van der Waals surface area contributed by atoms with Crippen LogP contribution in [0.5, 0.6) is 5.75 Å². The number of aromatic hydroxyl groups is 1. The van der Waals surface area contributed by atoms with Crippen molar-refractivity contribution < 1.29 is 9.90 Å². The zero-order valence-electron chi connectivity index (χ0n) is 8.94. The Bertz CT molecular complexity index is 375. The van der Waals surface area contributed by atoms with Gasteiger partial charge in [-0.3, -0.25) is 9.78 Å². The van der Waals surface area contributed by atoms with Gasteiger partial charge in [0.25, 0.3) is 5.91 Å². The van der Waals surface area contributed by atoms with Gasteiger partial charge < -0.3 is 15.7 Å². The third kappa shape index (κ3) is 2.70. The summed E-state index contributed by atoms with van der Waals surface area (Å²) in [5, 5.41) is 15.3. The Balaban J connectivity index is 1.97. The number of hydrogen-bond acceptors (Lipinski definition) is 4. The summed E-state index contributed by atoms with van der Waals surface area (Å²) in [6, 6.07) is 1.59. The summed E-state index contributed by atoms with van der Waals surface area (Å²) in [5.74, 6) is -0.175. The lowest BCUT2D eigenvalue weighted by Crippen LogP contribution is -2.45. The highest BCUT2D eigenvalue weighted by Crippen LogP contribution is 2.09. The number of aromatic nitrogens is 1. The first kappa shape index (κ1) is 10.9. The van der Waals surface area contributed by atoms with Crippen molar-refractivity contribution in [2.24, 2.45) is 0 Å². The van der Waals surface area contributed by atoms with Crippen LogP contribution < -0.4 is 10.6 Å². The normalized spacial score (nSPS) is 20.4. The summed E-state index contributed by atoms with van der Waals surface area (Å²) in [6.45, 7) is 1.82. The lowest BCUT2D eigenvalue weighted by molar-refractivity contribution is 0.0930. The molecule has 1 saturated heterocycles. The molecule has 1 aromatic heterocycles. The summed E-state index contributed by atoms with van der Waals surface area (Å²) in [5.41, 5.74) is 0.394. The molecule has 0 aliphatic carbocycles. The van der Waals surface area contributed by atoms with E-state index in [0.29, 0.717) is 5.56 Å². The van der Waals surface area contributed by atoms with Crippen LogP contribution in [0.15, 0.2) is 18.5 Å². The van der Waals surface area contributed by atoms with Crippen LogP contribution in [-0.2, 0) is 0 Å². The largest absolute Gasteiger partial charge is 0.506 e. The maximum atomic E-state index is 11.8. The maximum Gasteiger partial charge on any atom is 0.253 e. The molecule has 0 aromatic carbocycles. The molecule has 0 bridgehead atoms. The zero-order chi connectivity index (χ0) is 11.4. The minimum atomic E-state index is -0.183. The van der Waals surface area contributed by atoms with Gasteiger partial charge in [-0.15, -0.1) is 0 Å². The summed E-state index contributed by atoms with van der Waals surface area (Å²) in [7, 11) is 0. The lowest BCUT2D eigenvalue weighted by atomic mass is 10.1. The van der Waals surface area contributed by atoms with E-state index in [2.05, 4.69) is 15.6 Å². The molecule has 1 amide bonds. The van der Waals surface area contributed by atoms with E-state index in [9.17, 15) is 9.90 Å². The van der Waals surface area contributed by atoms with E-state index < -0.39 is 0 Å². The van der Waals surface area contributed by atoms with Crippen molar-refractivity contribution in [1.82, 2.24) is 15.6 Å². The first-order valence-corrected chi connectivity index (χ1v) is 5.41. The second-order valence-electron chi connectivity index (χ2n) is 3.95.